The summed E-state index contributed by atoms with van der Waals surface area (Å²) in [5, 5.41) is 2.13. The molecule has 150 valence electrons. The van der Waals surface area contributed by atoms with Crippen molar-refractivity contribution in [3.05, 3.63) is 72.3 Å². The van der Waals surface area contributed by atoms with Crippen molar-refractivity contribution in [1.29, 1.82) is 0 Å². The summed E-state index contributed by atoms with van der Waals surface area (Å²) < 4.78 is 10.8. The summed E-state index contributed by atoms with van der Waals surface area (Å²) in [7, 11) is 1.61. The first-order chi connectivity index (χ1) is 14.0. The summed E-state index contributed by atoms with van der Waals surface area (Å²) in [5.41, 5.74) is 5.85. The van der Waals surface area contributed by atoms with Crippen molar-refractivity contribution in [2.24, 2.45) is 0 Å². The molecule has 6 nitrogen and oxygen atoms in total. The Morgan fingerprint density at radius 2 is 1.59 bits per heavy atom. The van der Waals surface area contributed by atoms with Crippen LogP contribution in [0, 0.1) is 0 Å². The number of benzene rings is 3. The monoisotopic (exact) mass is 392 g/mol. The average molecular weight is 392 g/mol. The van der Waals surface area contributed by atoms with Gasteiger partial charge < -0.3 is 9.47 Å². The Balaban J connectivity index is 1.44. The Hall–Kier alpha value is -3.54. The molecule has 2 amide bonds. The van der Waals surface area contributed by atoms with Gasteiger partial charge in [-0.2, -0.15) is 0 Å². The highest BCUT2D eigenvalue weighted by Gasteiger charge is 2.15. The molecule has 0 bridgehead atoms. The van der Waals surface area contributed by atoms with Crippen molar-refractivity contribution in [2.75, 3.05) is 7.11 Å². The molecule has 0 saturated carbocycles. The van der Waals surface area contributed by atoms with Crippen molar-refractivity contribution in [1.82, 2.24) is 10.9 Å². The van der Waals surface area contributed by atoms with Crippen molar-refractivity contribution in [3.8, 4) is 11.5 Å². The molecule has 0 spiro atoms. The highest BCUT2D eigenvalue weighted by Crippen LogP contribution is 2.21. The summed E-state index contributed by atoms with van der Waals surface area (Å²) in [6.07, 6.45) is 0.0690. The van der Waals surface area contributed by atoms with Crippen LogP contribution in [0.2, 0.25) is 0 Å². The lowest BCUT2D eigenvalue weighted by Gasteiger charge is -2.15. The Morgan fingerprint density at radius 3 is 2.31 bits per heavy atom. The molecule has 0 unspecified atom stereocenters. The highest BCUT2D eigenvalue weighted by molar-refractivity contribution is 5.85. The minimum absolute atomic E-state index is 0.256. The lowest BCUT2D eigenvalue weighted by Crippen LogP contribution is -2.47. The second-order valence-corrected chi connectivity index (χ2v) is 6.65. The third-order valence-corrected chi connectivity index (χ3v) is 4.53. The number of ether oxygens (including phenoxy) is 2. The fraction of sp³-hybridized carbons (Fsp3) is 0.217. The summed E-state index contributed by atoms with van der Waals surface area (Å²) in [6, 6.07) is 21.1. The van der Waals surface area contributed by atoms with E-state index in [1.54, 1.807) is 14.0 Å². The predicted octanol–water partition coefficient (Wildman–Crippen LogP) is 3.40. The zero-order chi connectivity index (χ0) is 20.6. The number of rotatable bonds is 7. The lowest BCUT2D eigenvalue weighted by atomic mass is 10.1. The molecule has 0 heterocycles. The molecule has 0 aromatic heterocycles. The predicted molar refractivity (Wildman–Crippen MR) is 112 cm³/mol. The van der Waals surface area contributed by atoms with Crippen LogP contribution in [0.4, 0.5) is 0 Å². The second kappa shape index (κ2) is 9.59. The third kappa shape index (κ3) is 5.72. The minimum atomic E-state index is -0.752. The molecule has 29 heavy (non-hydrogen) atoms. The molecule has 3 aromatic carbocycles. The fourth-order valence-corrected chi connectivity index (χ4v) is 2.84. The first kappa shape index (κ1) is 20.2. The van der Waals surface area contributed by atoms with Crippen LogP contribution in [0.25, 0.3) is 10.8 Å². The SMILES string of the molecule is COc1ccc(CCC(=O)NNC(=O)[C@@H](C)Oc2ccc3ccccc3c2)cc1. The van der Waals surface area contributed by atoms with E-state index < -0.39 is 12.0 Å². The Bertz CT molecular complexity index is 986. The number of nitrogens with one attached hydrogen (secondary N) is 2. The van der Waals surface area contributed by atoms with Gasteiger partial charge in [-0.1, -0.05) is 42.5 Å². The maximum Gasteiger partial charge on any atom is 0.279 e. The summed E-state index contributed by atoms with van der Waals surface area (Å²) in [6.45, 7) is 1.63. The highest BCUT2D eigenvalue weighted by atomic mass is 16.5. The first-order valence-electron chi connectivity index (χ1n) is 9.42. The molecule has 0 aliphatic rings. The fourth-order valence-electron chi connectivity index (χ4n) is 2.84. The Morgan fingerprint density at radius 1 is 0.897 bits per heavy atom. The Labute approximate surface area is 169 Å². The van der Waals surface area contributed by atoms with Gasteiger partial charge in [-0.25, -0.2) is 0 Å². The van der Waals surface area contributed by atoms with E-state index in [9.17, 15) is 9.59 Å². The molecule has 6 heteroatoms. The van der Waals surface area contributed by atoms with Gasteiger partial charge in [-0.15, -0.1) is 0 Å². The van der Waals surface area contributed by atoms with E-state index in [1.807, 2.05) is 66.7 Å². The van der Waals surface area contributed by atoms with Crippen LogP contribution in [0.5, 0.6) is 11.5 Å². The molecular formula is C23H24N2O4. The summed E-state index contributed by atoms with van der Waals surface area (Å²) in [5.74, 6) is 0.672. The van der Waals surface area contributed by atoms with Crippen molar-refractivity contribution < 1.29 is 19.1 Å². The quantitative estimate of drug-likeness (QED) is 0.604. The molecule has 0 aliphatic carbocycles. The molecule has 0 radical (unpaired) electrons. The van der Waals surface area contributed by atoms with Crippen LogP contribution >= 0.6 is 0 Å². The summed E-state index contributed by atoms with van der Waals surface area (Å²) >= 11 is 0. The van der Waals surface area contributed by atoms with Crippen LogP contribution in [-0.4, -0.2) is 25.0 Å². The van der Waals surface area contributed by atoms with Crippen LogP contribution < -0.4 is 20.3 Å². The molecule has 2 N–H and O–H groups in total. The van der Waals surface area contributed by atoms with Gasteiger partial charge in [-0.05, 0) is 53.9 Å². The molecule has 0 saturated heterocycles. The zero-order valence-electron chi connectivity index (χ0n) is 16.5. The number of hydrazine groups is 1. The number of methoxy groups -OCH3 is 1. The van der Waals surface area contributed by atoms with Gasteiger partial charge in [0.2, 0.25) is 5.91 Å². The van der Waals surface area contributed by atoms with Gasteiger partial charge in [-0.3, -0.25) is 20.4 Å². The molecule has 1 atom stereocenters. The van der Waals surface area contributed by atoms with Gasteiger partial charge >= 0.3 is 0 Å². The van der Waals surface area contributed by atoms with E-state index >= 15 is 0 Å². The van der Waals surface area contributed by atoms with Crippen molar-refractivity contribution in [3.63, 3.8) is 0 Å². The van der Waals surface area contributed by atoms with Crippen molar-refractivity contribution >= 4 is 22.6 Å². The number of hydrogen-bond donors (Lipinski definition) is 2. The Kier molecular flexibility index (Phi) is 6.68. The molecular weight excluding hydrogens is 368 g/mol. The maximum atomic E-state index is 12.2. The van der Waals surface area contributed by atoms with Crippen LogP contribution in [0.15, 0.2) is 66.7 Å². The third-order valence-electron chi connectivity index (χ3n) is 4.53. The molecule has 0 fully saturated rings. The van der Waals surface area contributed by atoms with Gasteiger partial charge in [0.25, 0.3) is 5.91 Å². The molecule has 3 rings (SSSR count). The zero-order valence-corrected chi connectivity index (χ0v) is 16.5. The maximum absolute atomic E-state index is 12.2. The minimum Gasteiger partial charge on any atom is -0.497 e. The van der Waals surface area contributed by atoms with E-state index in [0.29, 0.717) is 12.2 Å². The number of hydrogen-bond acceptors (Lipinski definition) is 4. The van der Waals surface area contributed by atoms with Gasteiger partial charge in [0, 0.05) is 6.42 Å². The van der Waals surface area contributed by atoms with Crippen LogP contribution in [0.1, 0.15) is 18.9 Å². The molecule has 3 aromatic rings. The summed E-state index contributed by atoms with van der Waals surface area (Å²) in [4.78, 5) is 24.2. The van der Waals surface area contributed by atoms with E-state index in [4.69, 9.17) is 9.47 Å². The molecule has 0 aliphatic heterocycles. The van der Waals surface area contributed by atoms with Gasteiger partial charge in [0.1, 0.15) is 11.5 Å². The van der Waals surface area contributed by atoms with Gasteiger partial charge in [0.15, 0.2) is 6.10 Å². The topological polar surface area (TPSA) is 76.7 Å². The number of carbonyl (C=O) groups is 2. The van der Waals surface area contributed by atoms with E-state index in [0.717, 1.165) is 22.1 Å². The van der Waals surface area contributed by atoms with Crippen LogP contribution in [0.3, 0.4) is 0 Å². The number of aryl methyl sites for hydroxylation is 1. The lowest BCUT2D eigenvalue weighted by molar-refractivity contribution is -0.132. The number of carbonyl (C=O) groups excluding carboxylic acids is 2. The number of fused-ring (bicyclic) bond motifs is 1. The number of amides is 2. The van der Waals surface area contributed by atoms with E-state index in [-0.39, 0.29) is 12.3 Å². The average Bonchev–Trinajstić information content (AvgIpc) is 2.76. The first-order valence-corrected chi connectivity index (χ1v) is 9.42. The van der Waals surface area contributed by atoms with Crippen LogP contribution in [-0.2, 0) is 16.0 Å². The standard InChI is InChI=1S/C23H24N2O4/c1-16(29-21-13-10-18-5-3-4-6-19(18)15-21)23(27)25-24-22(26)14-9-17-7-11-20(28-2)12-8-17/h3-8,10-13,15-16H,9,14H2,1-2H3,(H,24,26)(H,25,27)/t16-/m1/s1. The van der Waals surface area contributed by atoms with E-state index in [1.165, 1.54) is 0 Å². The van der Waals surface area contributed by atoms with Gasteiger partial charge in [0.05, 0.1) is 7.11 Å². The normalized spacial score (nSPS) is 11.5. The van der Waals surface area contributed by atoms with Crippen molar-refractivity contribution in [2.45, 2.75) is 25.9 Å². The van der Waals surface area contributed by atoms with E-state index in [2.05, 4.69) is 10.9 Å². The largest absolute Gasteiger partial charge is 0.497 e. The smallest absolute Gasteiger partial charge is 0.279 e. The second-order valence-electron chi connectivity index (χ2n) is 6.65.